The predicted octanol–water partition coefficient (Wildman–Crippen LogP) is 3.81. The van der Waals surface area contributed by atoms with Crippen LogP contribution >= 0.6 is 0 Å². The Balaban J connectivity index is 1.38. The number of hydrogen-bond donors (Lipinski definition) is 0. The highest BCUT2D eigenvalue weighted by atomic mass is 32.2. The minimum atomic E-state index is -3.54. The summed E-state index contributed by atoms with van der Waals surface area (Å²) in [5.41, 5.74) is 1.30. The van der Waals surface area contributed by atoms with Gasteiger partial charge in [-0.05, 0) is 80.9 Å². The van der Waals surface area contributed by atoms with E-state index in [-0.39, 0.29) is 6.04 Å². The highest BCUT2D eigenvalue weighted by Crippen LogP contribution is 2.35. The molecule has 4 rings (SSSR count). The maximum absolute atomic E-state index is 13.6. The second kappa shape index (κ2) is 10.2. The molecule has 1 heterocycles. The molecule has 0 amide bonds. The van der Waals surface area contributed by atoms with Gasteiger partial charge in [0.1, 0.15) is 11.5 Å². The minimum absolute atomic E-state index is 0.0593. The molecule has 0 radical (unpaired) electrons. The molecule has 2 aliphatic rings. The zero-order valence-corrected chi connectivity index (χ0v) is 19.9. The summed E-state index contributed by atoms with van der Waals surface area (Å²) in [5, 5.41) is 0. The topological polar surface area (TPSA) is 59.1 Å². The van der Waals surface area contributed by atoms with Crippen molar-refractivity contribution in [1.82, 2.24) is 9.21 Å². The van der Waals surface area contributed by atoms with Crippen LogP contribution in [0.3, 0.4) is 0 Å². The van der Waals surface area contributed by atoms with Gasteiger partial charge >= 0.3 is 0 Å². The molecule has 1 aliphatic carbocycles. The summed E-state index contributed by atoms with van der Waals surface area (Å²) in [5.74, 6) is 1.96. The molecule has 32 heavy (non-hydrogen) atoms. The lowest BCUT2D eigenvalue weighted by molar-refractivity contribution is 0.157. The zero-order valence-electron chi connectivity index (χ0n) is 19.1. The van der Waals surface area contributed by atoms with Crippen molar-refractivity contribution in [3.05, 3.63) is 54.1 Å². The Morgan fingerprint density at radius 2 is 1.62 bits per heavy atom. The van der Waals surface area contributed by atoms with Gasteiger partial charge in [0.15, 0.2) is 0 Å². The fourth-order valence-electron chi connectivity index (χ4n) is 4.41. The fraction of sp³-hybridized carbons (Fsp3) is 0.520. The summed E-state index contributed by atoms with van der Waals surface area (Å²) in [4.78, 5) is 2.79. The number of benzene rings is 2. The van der Waals surface area contributed by atoms with E-state index in [9.17, 15) is 8.42 Å². The zero-order chi connectivity index (χ0) is 22.6. The molecular formula is C25H34N2O4S. The first-order valence-corrected chi connectivity index (χ1v) is 12.9. The standard InChI is InChI=1S/C25H34N2O4S/c1-30-23-10-8-20(9-11-23)12-15-26-16-13-22(14-17-26)27(19-21-6-7-21)32(28,29)25-5-3-4-24(18-25)31-2/h3-5,8-11,18,21-22H,6-7,12-17,19H2,1-2H3. The Kier molecular flexibility index (Phi) is 7.38. The summed E-state index contributed by atoms with van der Waals surface area (Å²) in [6.45, 7) is 3.48. The van der Waals surface area contributed by atoms with E-state index < -0.39 is 10.0 Å². The molecule has 1 saturated heterocycles. The predicted molar refractivity (Wildman–Crippen MR) is 126 cm³/mol. The van der Waals surface area contributed by atoms with Gasteiger partial charge in [-0.2, -0.15) is 4.31 Å². The van der Waals surface area contributed by atoms with Gasteiger partial charge in [-0.3, -0.25) is 0 Å². The number of likely N-dealkylation sites (tertiary alicyclic amines) is 1. The van der Waals surface area contributed by atoms with Crippen molar-refractivity contribution in [2.75, 3.05) is 40.4 Å². The number of sulfonamides is 1. The van der Waals surface area contributed by atoms with E-state index in [0.717, 1.165) is 57.5 Å². The van der Waals surface area contributed by atoms with Crippen molar-refractivity contribution in [3.8, 4) is 11.5 Å². The third-order valence-electron chi connectivity index (χ3n) is 6.62. The van der Waals surface area contributed by atoms with Crippen LogP contribution in [0.4, 0.5) is 0 Å². The molecule has 7 heteroatoms. The summed E-state index contributed by atoms with van der Waals surface area (Å²) < 4.78 is 39.4. The number of nitrogens with zero attached hydrogens (tertiary/aromatic N) is 2. The van der Waals surface area contributed by atoms with Crippen LogP contribution in [-0.4, -0.2) is 64.1 Å². The SMILES string of the molecule is COc1ccc(CCN2CCC(N(CC3CC3)S(=O)(=O)c3cccc(OC)c3)CC2)cc1. The van der Waals surface area contributed by atoms with Crippen LogP contribution in [-0.2, 0) is 16.4 Å². The minimum Gasteiger partial charge on any atom is -0.497 e. The van der Waals surface area contributed by atoms with E-state index in [4.69, 9.17) is 9.47 Å². The van der Waals surface area contributed by atoms with Gasteiger partial charge in [0.25, 0.3) is 0 Å². The van der Waals surface area contributed by atoms with Gasteiger partial charge in [-0.1, -0.05) is 18.2 Å². The van der Waals surface area contributed by atoms with E-state index in [2.05, 4.69) is 17.0 Å². The molecule has 2 fully saturated rings. The molecule has 0 N–H and O–H groups in total. The molecule has 0 unspecified atom stereocenters. The smallest absolute Gasteiger partial charge is 0.243 e. The van der Waals surface area contributed by atoms with Crippen LogP contribution in [0.15, 0.2) is 53.4 Å². The van der Waals surface area contributed by atoms with Gasteiger partial charge in [-0.15, -0.1) is 0 Å². The second-order valence-corrected chi connectivity index (χ2v) is 10.8. The maximum atomic E-state index is 13.6. The normalized spacial score (nSPS) is 18.1. The van der Waals surface area contributed by atoms with Crippen molar-refractivity contribution in [1.29, 1.82) is 0 Å². The van der Waals surface area contributed by atoms with Gasteiger partial charge in [0, 0.05) is 25.2 Å². The second-order valence-electron chi connectivity index (χ2n) is 8.87. The molecule has 6 nitrogen and oxygen atoms in total. The van der Waals surface area contributed by atoms with Gasteiger partial charge in [0.2, 0.25) is 10.0 Å². The maximum Gasteiger partial charge on any atom is 0.243 e. The van der Waals surface area contributed by atoms with Crippen molar-refractivity contribution in [2.24, 2.45) is 5.92 Å². The van der Waals surface area contributed by atoms with E-state index in [1.165, 1.54) is 5.56 Å². The molecule has 174 valence electrons. The first-order valence-electron chi connectivity index (χ1n) is 11.5. The summed E-state index contributed by atoms with van der Waals surface area (Å²) in [6.07, 6.45) is 5.00. The fourth-order valence-corrected chi connectivity index (χ4v) is 6.20. The Bertz CT molecular complexity index is 981. The quantitative estimate of drug-likeness (QED) is 0.542. The van der Waals surface area contributed by atoms with Crippen LogP contribution in [0.5, 0.6) is 11.5 Å². The first-order chi connectivity index (χ1) is 15.5. The van der Waals surface area contributed by atoms with Crippen LogP contribution < -0.4 is 9.47 Å². The van der Waals surface area contributed by atoms with E-state index >= 15 is 0 Å². The number of methoxy groups -OCH3 is 2. The molecular weight excluding hydrogens is 424 g/mol. The summed E-state index contributed by atoms with van der Waals surface area (Å²) in [7, 11) is -0.299. The number of ether oxygens (including phenoxy) is 2. The summed E-state index contributed by atoms with van der Waals surface area (Å²) >= 11 is 0. The molecule has 0 spiro atoms. The number of rotatable bonds is 10. The molecule has 1 aliphatic heterocycles. The molecule has 2 aromatic rings. The van der Waals surface area contributed by atoms with Gasteiger partial charge in [0.05, 0.1) is 19.1 Å². The first kappa shape index (κ1) is 23.1. The monoisotopic (exact) mass is 458 g/mol. The number of hydrogen-bond acceptors (Lipinski definition) is 5. The Hall–Kier alpha value is -2.09. The van der Waals surface area contributed by atoms with Crippen LogP contribution in [0.25, 0.3) is 0 Å². The van der Waals surface area contributed by atoms with Crippen molar-refractivity contribution in [2.45, 2.75) is 43.0 Å². The van der Waals surface area contributed by atoms with Gasteiger partial charge in [-0.25, -0.2) is 8.42 Å². The average molecular weight is 459 g/mol. The van der Waals surface area contributed by atoms with Crippen molar-refractivity contribution in [3.63, 3.8) is 0 Å². The van der Waals surface area contributed by atoms with Gasteiger partial charge < -0.3 is 14.4 Å². The number of piperidine rings is 1. The summed E-state index contributed by atoms with van der Waals surface area (Å²) in [6, 6.07) is 15.1. The highest BCUT2D eigenvalue weighted by Gasteiger charge is 2.37. The lowest BCUT2D eigenvalue weighted by Crippen LogP contribution is -2.48. The Morgan fingerprint density at radius 1 is 0.938 bits per heavy atom. The van der Waals surface area contributed by atoms with E-state index in [1.54, 1.807) is 42.8 Å². The van der Waals surface area contributed by atoms with E-state index in [1.807, 2.05) is 12.1 Å². The molecule has 2 aromatic carbocycles. The van der Waals surface area contributed by atoms with Crippen LogP contribution in [0.1, 0.15) is 31.2 Å². The lowest BCUT2D eigenvalue weighted by atomic mass is 10.0. The Labute approximate surface area is 192 Å². The third-order valence-corrected chi connectivity index (χ3v) is 8.54. The molecule has 0 bridgehead atoms. The molecule has 0 atom stereocenters. The van der Waals surface area contributed by atoms with Crippen LogP contribution in [0.2, 0.25) is 0 Å². The largest absolute Gasteiger partial charge is 0.497 e. The van der Waals surface area contributed by atoms with Crippen LogP contribution in [0, 0.1) is 5.92 Å². The van der Waals surface area contributed by atoms with Crippen molar-refractivity contribution < 1.29 is 17.9 Å². The third kappa shape index (κ3) is 5.63. The van der Waals surface area contributed by atoms with Crippen molar-refractivity contribution >= 4 is 10.0 Å². The molecule has 1 saturated carbocycles. The highest BCUT2D eigenvalue weighted by molar-refractivity contribution is 7.89. The average Bonchev–Trinajstić information content (AvgIpc) is 3.66. The molecule has 0 aromatic heterocycles. The van der Waals surface area contributed by atoms with E-state index in [0.29, 0.717) is 23.1 Å². The lowest BCUT2D eigenvalue weighted by Gasteiger charge is -2.38. The Morgan fingerprint density at radius 3 is 2.25 bits per heavy atom.